The number of carbonyl (C=O) groups is 1. The van der Waals surface area contributed by atoms with Gasteiger partial charge < -0.3 is 15.7 Å². The van der Waals surface area contributed by atoms with Crippen molar-refractivity contribution < 1.29 is 9.90 Å². The van der Waals surface area contributed by atoms with Crippen molar-refractivity contribution in [3.05, 3.63) is 0 Å². The molecule has 2 fully saturated rings. The molecule has 4 heteroatoms. The second-order valence-electron chi connectivity index (χ2n) is 6.76. The summed E-state index contributed by atoms with van der Waals surface area (Å²) in [5.41, 5.74) is -0.156. The first-order valence-corrected chi connectivity index (χ1v) is 7.74. The van der Waals surface area contributed by atoms with Crippen LogP contribution in [0.2, 0.25) is 0 Å². The van der Waals surface area contributed by atoms with Crippen molar-refractivity contribution in [1.82, 2.24) is 10.6 Å². The Morgan fingerprint density at radius 2 is 2.05 bits per heavy atom. The van der Waals surface area contributed by atoms with Crippen molar-refractivity contribution in [2.45, 2.75) is 70.9 Å². The first kappa shape index (κ1) is 14.6. The molecule has 0 spiro atoms. The molecule has 4 unspecified atom stereocenters. The van der Waals surface area contributed by atoms with Gasteiger partial charge in [0, 0.05) is 18.0 Å². The summed E-state index contributed by atoms with van der Waals surface area (Å²) in [5, 5.41) is 16.1. The Balaban J connectivity index is 1.76. The van der Waals surface area contributed by atoms with E-state index in [1.165, 1.54) is 12.8 Å². The van der Waals surface area contributed by atoms with Gasteiger partial charge in [0.15, 0.2) is 0 Å². The number of carbonyl (C=O) groups excluding carboxylic acids is 1. The predicted molar refractivity (Wildman–Crippen MR) is 75.9 cm³/mol. The minimum absolute atomic E-state index is 0.0715. The molecule has 3 N–H and O–H groups in total. The highest BCUT2D eigenvalue weighted by Crippen LogP contribution is 2.35. The molecule has 19 heavy (non-hydrogen) atoms. The Morgan fingerprint density at radius 3 is 2.68 bits per heavy atom. The number of amides is 2. The number of urea groups is 1. The number of aliphatic hydroxyl groups excluding tert-OH is 1. The van der Waals surface area contributed by atoms with E-state index in [0.29, 0.717) is 18.5 Å². The summed E-state index contributed by atoms with van der Waals surface area (Å²) in [6.45, 7) is 4.85. The lowest BCUT2D eigenvalue weighted by Gasteiger charge is -2.38. The molecule has 4 nitrogen and oxygen atoms in total. The molecule has 2 amide bonds. The highest BCUT2D eigenvalue weighted by atomic mass is 16.3. The number of hydrogen-bond acceptors (Lipinski definition) is 2. The Morgan fingerprint density at radius 1 is 1.26 bits per heavy atom. The van der Waals surface area contributed by atoms with E-state index in [1.54, 1.807) is 0 Å². The van der Waals surface area contributed by atoms with E-state index in [4.69, 9.17) is 0 Å². The van der Waals surface area contributed by atoms with Crippen LogP contribution in [0.25, 0.3) is 0 Å². The molecule has 4 atom stereocenters. The van der Waals surface area contributed by atoms with Crippen LogP contribution in [0.15, 0.2) is 0 Å². The van der Waals surface area contributed by atoms with Gasteiger partial charge in [0.2, 0.25) is 0 Å². The van der Waals surface area contributed by atoms with Crippen molar-refractivity contribution in [3.63, 3.8) is 0 Å². The Hall–Kier alpha value is -0.770. The van der Waals surface area contributed by atoms with Crippen LogP contribution < -0.4 is 10.6 Å². The second kappa shape index (κ2) is 6.12. The summed E-state index contributed by atoms with van der Waals surface area (Å²) in [5.74, 6) is 0.585. The zero-order valence-corrected chi connectivity index (χ0v) is 12.2. The summed E-state index contributed by atoms with van der Waals surface area (Å²) in [6, 6.07) is 0.252. The van der Waals surface area contributed by atoms with Crippen molar-refractivity contribution in [1.29, 1.82) is 0 Å². The van der Waals surface area contributed by atoms with Crippen molar-refractivity contribution in [2.24, 2.45) is 11.3 Å². The molecule has 110 valence electrons. The van der Waals surface area contributed by atoms with E-state index in [0.717, 1.165) is 32.1 Å². The van der Waals surface area contributed by atoms with E-state index < -0.39 is 0 Å². The molecule has 0 bridgehead atoms. The largest absolute Gasteiger partial charge is 0.392 e. The maximum Gasteiger partial charge on any atom is 0.315 e. The van der Waals surface area contributed by atoms with E-state index in [1.807, 2.05) is 0 Å². The molecule has 0 saturated heterocycles. The molecule has 2 rings (SSSR count). The lowest BCUT2D eigenvalue weighted by atomic mass is 9.73. The van der Waals surface area contributed by atoms with Gasteiger partial charge in [0.1, 0.15) is 0 Å². The van der Waals surface area contributed by atoms with Gasteiger partial charge in [-0.25, -0.2) is 4.79 Å². The van der Waals surface area contributed by atoms with Gasteiger partial charge >= 0.3 is 6.03 Å². The van der Waals surface area contributed by atoms with Crippen LogP contribution >= 0.6 is 0 Å². The van der Waals surface area contributed by atoms with Crippen LogP contribution in [0.1, 0.15) is 58.8 Å². The van der Waals surface area contributed by atoms with Gasteiger partial charge in [-0.3, -0.25) is 0 Å². The highest BCUT2D eigenvalue weighted by Gasteiger charge is 2.35. The lowest BCUT2D eigenvalue weighted by molar-refractivity contribution is 0.00303. The van der Waals surface area contributed by atoms with E-state index >= 15 is 0 Å². The molecule has 0 aliphatic heterocycles. The van der Waals surface area contributed by atoms with E-state index in [9.17, 15) is 9.90 Å². The second-order valence-corrected chi connectivity index (χ2v) is 6.76. The molecule has 0 aromatic rings. The van der Waals surface area contributed by atoms with Gasteiger partial charge in [-0.2, -0.15) is 0 Å². The van der Waals surface area contributed by atoms with Crippen LogP contribution in [0.5, 0.6) is 0 Å². The number of nitrogens with one attached hydrogen (secondary N) is 2. The molecule has 2 aliphatic rings. The van der Waals surface area contributed by atoms with Gasteiger partial charge in [0.25, 0.3) is 0 Å². The fourth-order valence-electron chi connectivity index (χ4n) is 3.45. The third-order valence-electron chi connectivity index (χ3n) is 5.11. The van der Waals surface area contributed by atoms with Crippen molar-refractivity contribution in [2.75, 3.05) is 6.54 Å². The fraction of sp³-hybridized carbons (Fsp3) is 0.933. The quantitative estimate of drug-likeness (QED) is 0.736. The summed E-state index contributed by atoms with van der Waals surface area (Å²) in [7, 11) is 0. The molecule has 2 saturated carbocycles. The van der Waals surface area contributed by atoms with Crippen LogP contribution in [-0.4, -0.2) is 29.8 Å². The van der Waals surface area contributed by atoms with Gasteiger partial charge in [-0.1, -0.05) is 33.1 Å². The fourth-order valence-corrected chi connectivity index (χ4v) is 3.45. The maximum absolute atomic E-state index is 11.9. The number of aliphatic hydroxyl groups is 1. The van der Waals surface area contributed by atoms with E-state index in [2.05, 4.69) is 24.5 Å². The lowest BCUT2D eigenvalue weighted by Crippen LogP contribution is -2.50. The number of rotatable bonds is 3. The molecule has 0 heterocycles. The van der Waals surface area contributed by atoms with Crippen LogP contribution in [0.4, 0.5) is 4.79 Å². The molecule has 0 radical (unpaired) electrons. The zero-order valence-electron chi connectivity index (χ0n) is 12.2. The van der Waals surface area contributed by atoms with Crippen molar-refractivity contribution in [3.8, 4) is 0 Å². The normalized spacial score (nSPS) is 39.0. The topological polar surface area (TPSA) is 61.4 Å². The first-order valence-electron chi connectivity index (χ1n) is 7.74. The maximum atomic E-state index is 11.9. The molecule has 0 aromatic heterocycles. The van der Waals surface area contributed by atoms with Gasteiger partial charge in [-0.05, 0) is 31.6 Å². The average molecular weight is 268 g/mol. The highest BCUT2D eigenvalue weighted by molar-refractivity contribution is 5.74. The summed E-state index contributed by atoms with van der Waals surface area (Å²) in [4.78, 5) is 11.9. The minimum atomic E-state index is -0.285. The third kappa shape index (κ3) is 3.62. The summed E-state index contributed by atoms with van der Waals surface area (Å²) in [6.07, 6.45) is 7.33. The molecular weight excluding hydrogens is 240 g/mol. The van der Waals surface area contributed by atoms with Crippen LogP contribution in [0, 0.1) is 11.3 Å². The molecular formula is C15H28N2O2. The SMILES string of the molecule is CC1CCCC1NC(=O)NCC1(C)CCCCC1O. The average Bonchev–Trinajstić information content (AvgIpc) is 2.77. The Labute approximate surface area is 116 Å². The Bertz CT molecular complexity index is 321. The van der Waals surface area contributed by atoms with Gasteiger partial charge in [0.05, 0.1) is 6.10 Å². The third-order valence-corrected chi connectivity index (χ3v) is 5.11. The summed E-state index contributed by atoms with van der Waals surface area (Å²) >= 11 is 0. The smallest absolute Gasteiger partial charge is 0.315 e. The summed E-state index contributed by atoms with van der Waals surface area (Å²) < 4.78 is 0. The number of hydrogen-bond donors (Lipinski definition) is 3. The zero-order chi connectivity index (χ0) is 13.9. The van der Waals surface area contributed by atoms with Gasteiger partial charge in [-0.15, -0.1) is 0 Å². The first-order chi connectivity index (χ1) is 9.01. The minimum Gasteiger partial charge on any atom is -0.392 e. The van der Waals surface area contributed by atoms with Crippen molar-refractivity contribution >= 4 is 6.03 Å². The molecule has 2 aliphatic carbocycles. The molecule has 0 aromatic carbocycles. The monoisotopic (exact) mass is 268 g/mol. The van der Waals surface area contributed by atoms with E-state index in [-0.39, 0.29) is 17.6 Å². The van der Waals surface area contributed by atoms with Crippen LogP contribution in [-0.2, 0) is 0 Å². The Kier molecular flexibility index (Phi) is 4.71. The van der Waals surface area contributed by atoms with Crippen LogP contribution in [0.3, 0.4) is 0 Å². The predicted octanol–water partition coefficient (Wildman–Crippen LogP) is 2.42. The standard InChI is InChI=1S/C15H28N2O2/c1-11-6-5-7-12(11)17-14(19)16-10-15(2)9-4-3-8-13(15)18/h11-13,18H,3-10H2,1-2H3,(H2,16,17,19).